The highest BCUT2D eigenvalue weighted by Crippen LogP contribution is 2.16. The van der Waals surface area contributed by atoms with Gasteiger partial charge in [-0.25, -0.2) is 0 Å². The first-order chi connectivity index (χ1) is 9.88. The molecule has 0 bridgehead atoms. The highest BCUT2D eigenvalue weighted by Gasteiger charge is 2.06. The van der Waals surface area contributed by atoms with Crippen LogP contribution in [-0.2, 0) is 12.3 Å². The number of rotatable bonds is 9. The summed E-state index contributed by atoms with van der Waals surface area (Å²) in [6.45, 7) is 1.43. The molecule has 0 aliphatic rings. The molecule has 21 heavy (non-hydrogen) atoms. The number of hydrogen-bond acceptors (Lipinski definition) is 7. The molecule has 0 aliphatic carbocycles. The van der Waals surface area contributed by atoms with Crippen molar-refractivity contribution >= 4 is 11.8 Å². The third-order valence-electron chi connectivity index (χ3n) is 2.68. The largest absolute Gasteiger partial charge is 0.464 e. The van der Waals surface area contributed by atoms with Crippen molar-refractivity contribution in [2.75, 3.05) is 33.4 Å². The molecule has 0 spiro atoms. The minimum Gasteiger partial charge on any atom is -0.464 e. The molecule has 0 aliphatic heterocycles. The predicted molar refractivity (Wildman–Crippen MR) is 84.2 cm³/mol. The van der Waals surface area contributed by atoms with Crippen LogP contribution in [0.1, 0.15) is 11.5 Å². The number of nitrogens with two attached hydrogens (primary N) is 1. The molecule has 0 fully saturated rings. The van der Waals surface area contributed by atoms with Crippen molar-refractivity contribution in [3.8, 4) is 0 Å². The van der Waals surface area contributed by atoms with Crippen LogP contribution in [0.25, 0.3) is 0 Å². The molecule has 0 saturated carbocycles. The van der Waals surface area contributed by atoms with Gasteiger partial charge in [0.2, 0.25) is 0 Å². The van der Waals surface area contributed by atoms with Gasteiger partial charge < -0.3 is 20.0 Å². The highest BCUT2D eigenvalue weighted by molar-refractivity contribution is 7.98. The molecule has 118 valence electrons. The van der Waals surface area contributed by atoms with Crippen LogP contribution < -0.4 is 5.73 Å². The third-order valence-corrected chi connectivity index (χ3v) is 3.64. The molecule has 1 aromatic heterocycles. The van der Waals surface area contributed by atoms with Gasteiger partial charge in [-0.15, -0.1) is 0 Å². The molecule has 1 heterocycles. The van der Waals surface area contributed by atoms with Crippen LogP contribution in [0.5, 0.6) is 0 Å². The van der Waals surface area contributed by atoms with Gasteiger partial charge in [-0.3, -0.25) is 10.1 Å². The van der Waals surface area contributed by atoms with Gasteiger partial charge in [0.1, 0.15) is 11.5 Å². The molecule has 0 radical (unpaired) electrons. The normalized spacial score (nSPS) is 11.9. The van der Waals surface area contributed by atoms with E-state index in [0.29, 0.717) is 6.54 Å². The summed E-state index contributed by atoms with van der Waals surface area (Å²) in [6, 6.07) is 3.97. The number of nitro groups is 1. The lowest BCUT2D eigenvalue weighted by atomic mass is 10.4. The molecular weight excluding hydrogens is 292 g/mol. The molecule has 8 heteroatoms. The van der Waals surface area contributed by atoms with Crippen molar-refractivity contribution in [2.24, 2.45) is 5.73 Å². The summed E-state index contributed by atoms with van der Waals surface area (Å²) < 4.78 is 5.70. The topological polar surface area (TPSA) is 88.8 Å². The van der Waals surface area contributed by atoms with Gasteiger partial charge in [0.05, 0.1) is 17.2 Å². The van der Waals surface area contributed by atoms with E-state index >= 15 is 0 Å². The van der Waals surface area contributed by atoms with Crippen LogP contribution in [0.4, 0.5) is 0 Å². The smallest absolute Gasteiger partial charge is 0.274 e. The maximum Gasteiger partial charge on any atom is 0.274 e. The van der Waals surface area contributed by atoms with Gasteiger partial charge in [-0.05, 0) is 26.2 Å². The Balaban J connectivity index is 2.28. The van der Waals surface area contributed by atoms with E-state index < -0.39 is 4.92 Å². The van der Waals surface area contributed by atoms with Crippen LogP contribution in [-0.4, -0.2) is 48.2 Å². The summed E-state index contributed by atoms with van der Waals surface area (Å²) in [5.74, 6) is 3.64. The lowest BCUT2D eigenvalue weighted by molar-refractivity contribution is -0.404. The van der Waals surface area contributed by atoms with Crippen molar-refractivity contribution < 1.29 is 9.34 Å². The molecule has 7 nitrogen and oxygen atoms in total. The Morgan fingerprint density at radius 1 is 1.43 bits per heavy atom. The Morgan fingerprint density at radius 2 is 2.10 bits per heavy atom. The Hall–Kier alpha value is -1.67. The SMILES string of the molecule is CN(C)Cc1ccc(CSCCN(C)/C(N)=C/[N+](=O)[O-])o1. The van der Waals surface area contributed by atoms with Crippen molar-refractivity contribution in [1.29, 1.82) is 0 Å². The average Bonchev–Trinajstić information content (AvgIpc) is 2.80. The van der Waals surface area contributed by atoms with E-state index in [9.17, 15) is 10.1 Å². The fourth-order valence-corrected chi connectivity index (χ4v) is 2.51. The van der Waals surface area contributed by atoms with Crippen molar-refractivity contribution in [3.63, 3.8) is 0 Å². The molecule has 2 N–H and O–H groups in total. The second kappa shape index (κ2) is 8.58. The molecule has 0 unspecified atom stereocenters. The summed E-state index contributed by atoms with van der Waals surface area (Å²) in [7, 11) is 5.73. The number of thioether (sulfide) groups is 1. The van der Waals surface area contributed by atoms with Crippen molar-refractivity contribution in [1.82, 2.24) is 9.80 Å². The van der Waals surface area contributed by atoms with E-state index in [1.165, 1.54) is 0 Å². The summed E-state index contributed by atoms with van der Waals surface area (Å²) >= 11 is 1.70. The zero-order valence-corrected chi connectivity index (χ0v) is 13.4. The fourth-order valence-electron chi connectivity index (χ4n) is 1.61. The quantitative estimate of drug-likeness (QED) is 0.420. The van der Waals surface area contributed by atoms with E-state index in [0.717, 1.165) is 35.8 Å². The van der Waals surface area contributed by atoms with Crippen LogP contribution >= 0.6 is 11.8 Å². The minimum absolute atomic E-state index is 0.159. The molecule has 0 saturated heterocycles. The minimum atomic E-state index is -0.548. The maximum absolute atomic E-state index is 10.3. The first-order valence-electron chi connectivity index (χ1n) is 6.50. The lowest BCUT2D eigenvalue weighted by Crippen LogP contribution is -2.26. The lowest BCUT2D eigenvalue weighted by Gasteiger charge is -2.16. The zero-order valence-electron chi connectivity index (χ0n) is 12.6. The van der Waals surface area contributed by atoms with Crippen LogP contribution in [0, 0.1) is 10.1 Å². The predicted octanol–water partition coefficient (Wildman–Crippen LogP) is 1.54. The summed E-state index contributed by atoms with van der Waals surface area (Å²) in [5, 5.41) is 10.3. The highest BCUT2D eigenvalue weighted by atomic mass is 32.2. The number of furan rings is 1. The standard InChI is InChI=1S/C13H22N4O3S/c1-15(2)8-11-4-5-12(20-11)10-21-7-6-16(3)13(14)9-17(18)19/h4-5,9H,6-8,10,14H2,1-3H3/b13-9+. The van der Waals surface area contributed by atoms with Gasteiger partial charge in [-0.2, -0.15) is 11.8 Å². The molecule has 0 amide bonds. The summed E-state index contributed by atoms with van der Waals surface area (Å²) in [6.07, 6.45) is 0.810. The maximum atomic E-state index is 10.3. The van der Waals surface area contributed by atoms with Gasteiger partial charge in [-0.1, -0.05) is 0 Å². The van der Waals surface area contributed by atoms with E-state index in [2.05, 4.69) is 4.90 Å². The average molecular weight is 314 g/mol. The Kier molecular flexibility index (Phi) is 7.10. The summed E-state index contributed by atoms with van der Waals surface area (Å²) in [5.41, 5.74) is 5.57. The third kappa shape index (κ3) is 7.05. The van der Waals surface area contributed by atoms with E-state index in [1.807, 2.05) is 26.2 Å². The molecule has 1 aromatic rings. The molecular formula is C13H22N4O3S. The second-order valence-electron chi connectivity index (χ2n) is 4.92. The first-order valence-corrected chi connectivity index (χ1v) is 7.66. The van der Waals surface area contributed by atoms with Gasteiger partial charge in [0.15, 0.2) is 5.82 Å². The second-order valence-corrected chi connectivity index (χ2v) is 6.02. The molecule has 0 aromatic carbocycles. The first kappa shape index (κ1) is 17.4. The monoisotopic (exact) mass is 314 g/mol. The van der Waals surface area contributed by atoms with E-state index in [1.54, 1.807) is 23.7 Å². The van der Waals surface area contributed by atoms with Crippen molar-refractivity contribution in [3.05, 3.63) is 45.8 Å². The van der Waals surface area contributed by atoms with Gasteiger partial charge in [0, 0.05) is 19.3 Å². The van der Waals surface area contributed by atoms with E-state index in [4.69, 9.17) is 10.2 Å². The van der Waals surface area contributed by atoms with Gasteiger partial charge >= 0.3 is 0 Å². The number of nitrogens with zero attached hydrogens (tertiary/aromatic N) is 3. The van der Waals surface area contributed by atoms with Crippen molar-refractivity contribution in [2.45, 2.75) is 12.3 Å². The zero-order chi connectivity index (χ0) is 15.8. The van der Waals surface area contributed by atoms with Gasteiger partial charge in [0.25, 0.3) is 6.20 Å². The number of hydrogen-bond donors (Lipinski definition) is 1. The fraction of sp³-hybridized carbons (Fsp3) is 0.538. The summed E-state index contributed by atoms with van der Waals surface area (Å²) in [4.78, 5) is 13.5. The molecule has 1 rings (SSSR count). The molecule has 0 atom stereocenters. The van der Waals surface area contributed by atoms with E-state index in [-0.39, 0.29) is 5.82 Å². The Morgan fingerprint density at radius 3 is 2.71 bits per heavy atom. The Labute approximate surface area is 128 Å². The van der Waals surface area contributed by atoms with Crippen LogP contribution in [0.2, 0.25) is 0 Å². The van der Waals surface area contributed by atoms with Crippen LogP contribution in [0.3, 0.4) is 0 Å². The van der Waals surface area contributed by atoms with Crippen LogP contribution in [0.15, 0.2) is 28.6 Å². The Bertz CT molecular complexity index is 488.